The van der Waals surface area contributed by atoms with E-state index in [1.165, 1.54) is 0 Å². The maximum atomic E-state index is 12.8. The third-order valence-corrected chi connectivity index (χ3v) is 5.02. The zero-order valence-electron chi connectivity index (χ0n) is 16.7. The lowest BCUT2D eigenvalue weighted by molar-refractivity contribution is -0.122. The Kier molecular flexibility index (Phi) is 4.58. The van der Waals surface area contributed by atoms with E-state index >= 15 is 0 Å². The van der Waals surface area contributed by atoms with Gasteiger partial charge in [-0.15, -0.1) is 0 Å². The lowest BCUT2D eigenvalue weighted by atomic mass is 10.1. The molecule has 1 aromatic heterocycles. The maximum absolute atomic E-state index is 12.8. The van der Waals surface area contributed by atoms with Gasteiger partial charge >= 0.3 is 0 Å². The summed E-state index contributed by atoms with van der Waals surface area (Å²) in [6.45, 7) is 7.59. The molecule has 0 fully saturated rings. The van der Waals surface area contributed by atoms with Crippen molar-refractivity contribution in [3.8, 4) is 11.4 Å². The molecule has 2 N–H and O–H groups in total. The van der Waals surface area contributed by atoms with E-state index in [1.54, 1.807) is 36.0 Å². The quantitative estimate of drug-likeness (QED) is 0.713. The van der Waals surface area contributed by atoms with Gasteiger partial charge in [-0.05, 0) is 63.1 Å². The zero-order valence-corrected chi connectivity index (χ0v) is 16.7. The second-order valence-corrected chi connectivity index (χ2v) is 7.26. The number of aromatic nitrogens is 2. The fraction of sp³-hybridized carbons (Fsp3) is 0.227. The van der Waals surface area contributed by atoms with Crippen LogP contribution in [-0.2, 0) is 4.79 Å². The molecule has 1 atom stereocenters. The highest BCUT2D eigenvalue weighted by molar-refractivity contribution is 6.06. The predicted molar refractivity (Wildman–Crippen MR) is 111 cm³/mol. The first-order valence-corrected chi connectivity index (χ1v) is 9.38. The van der Waals surface area contributed by atoms with E-state index in [2.05, 4.69) is 15.7 Å². The number of rotatable bonds is 3. The van der Waals surface area contributed by atoms with Crippen LogP contribution in [0.4, 0.5) is 11.4 Å². The number of ether oxygens (including phenoxy) is 1. The summed E-state index contributed by atoms with van der Waals surface area (Å²) >= 11 is 0. The Morgan fingerprint density at radius 3 is 2.76 bits per heavy atom. The van der Waals surface area contributed by atoms with Crippen molar-refractivity contribution in [2.45, 2.75) is 33.8 Å². The number of carbonyl (C=O) groups is 2. The van der Waals surface area contributed by atoms with E-state index in [1.807, 2.05) is 39.0 Å². The van der Waals surface area contributed by atoms with Crippen molar-refractivity contribution >= 4 is 23.2 Å². The van der Waals surface area contributed by atoms with Gasteiger partial charge < -0.3 is 15.4 Å². The summed E-state index contributed by atoms with van der Waals surface area (Å²) in [5, 5.41) is 10.1. The Morgan fingerprint density at radius 2 is 1.97 bits per heavy atom. The Hall–Kier alpha value is -3.61. The van der Waals surface area contributed by atoms with Gasteiger partial charge in [-0.1, -0.05) is 12.1 Å². The van der Waals surface area contributed by atoms with Crippen molar-refractivity contribution < 1.29 is 14.3 Å². The number of nitrogens with one attached hydrogen (secondary N) is 2. The Morgan fingerprint density at radius 1 is 1.17 bits per heavy atom. The van der Waals surface area contributed by atoms with Crippen molar-refractivity contribution in [3.05, 3.63) is 65.0 Å². The molecule has 0 spiro atoms. The van der Waals surface area contributed by atoms with E-state index < -0.39 is 6.10 Å². The number of hydrogen-bond donors (Lipinski definition) is 2. The normalized spacial score (nSPS) is 15.3. The predicted octanol–water partition coefficient (Wildman–Crippen LogP) is 3.77. The second kappa shape index (κ2) is 7.09. The Balaban J connectivity index is 1.59. The molecule has 7 heteroatoms. The lowest BCUT2D eigenvalue weighted by Gasteiger charge is -2.23. The number of fused-ring (bicyclic) bond motifs is 1. The average molecular weight is 390 g/mol. The maximum Gasteiger partial charge on any atom is 0.265 e. The molecule has 2 aromatic carbocycles. The van der Waals surface area contributed by atoms with Gasteiger partial charge in [-0.2, -0.15) is 5.10 Å². The number of aryl methyl sites for hydroxylation is 2. The van der Waals surface area contributed by atoms with Crippen molar-refractivity contribution in [1.29, 1.82) is 0 Å². The molecule has 7 nitrogen and oxygen atoms in total. The number of carbonyl (C=O) groups excluding carboxylic acids is 2. The molecule has 1 aliphatic heterocycles. The van der Waals surface area contributed by atoms with Gasteiger partial charge in [0.1, 0.15) is 5.75 Å². The van der Waals surface area contributed by atoms with Gasteiger partial charge in [0.25, 0.3) is 11.8 Å². The monoisotopic (exact) mass is 390 g/mol. The zero-order chi connectivity index (χ0) is 20.7. The molecular formula is C22H22N4O3. The molecule has 0 aliphatic carbocycles. The van der Waals surface area contributed by atoms with Crippen molar-refractivity contribution in [1.82, 2.24) is 9.78 Å². The average Bonchev–Trinajstić information content (AvgIpc) is 3.06. The van der Waals surface area contributed by atoms with Gasteiger partial charge in [0.05, 0.1) is 28.8 Å². The molecular weight excluding hydrogens is 368 g/mol. The topological polar surface area (TPSA) is 85.3 Å². The number of hydrogen-bond acceptors (Lipinski definition) is 4. The molecule has 0 bridgehead atoms. The van der Waals surface area contributed by atoms with E-state index in [4.69, 9.17) is 4.74 Å². The summed E-state index contributed by atoms with van der Waals surface area (Å²) < 4.78 is 7.32. The van der Waals surface area contributed by atoms with Crippen LogP contribution in [0.3, 0.4) is 0 Å². The Labute approximate surface area is 168 Å². The van der Waals surface area contributed by atoms with Crippen molar-refractivity contribution in [2.24, 2.45) is 0 Å². The van der Waals surface area contributed by atoms with Gasteiger partial charge in [0, 0.05) is 5.69 Å². The summed E-state index contributed by atoms with van der Waals surface area (Å²) in [5.74, 6) is 0.0936. The van der Waals surface area contributed by atoms with Crippen LogP contribution in [0.2, 0.25) is 0 Å². The van der Waals surface area contributed by atoms with E-state index in [-0.39, 0.29) is 11.8 Å². The first-order valence-electron chi connectivity index (χ1n) is 9.38. The summed E-state index contributed by atoms with van der Waals surface area (Å²) in [6, 6.07) is 11.3. The van der Waals surface area contributed by atoms with Crippen LogP contribution < -0.4 is 15.4 Å². The van der Waals surface area contributed by atoms with Gasteiger partial charge in [-0.25, -0.2) is 4.68 Å². The van der Waals surface area contributed by atoms with Crippen LogP contribution in [-0.4, -0.2) is 27.7 Å². The minimum absolute atomic E-state index is 0.216. The summed E-state index contributed by atoms with van der Waals surface area (Å²) in [4.78, 5) is 24.6. The molecule has 0 saturated heterocycles. The highest BCUT2D eigenvalue weighted by Crippen LogP contribution is 2.32. The van der Waals surface area contributed by atoms with Crippen molar-refractivity contribution in [2.75, 3.05) is 10.6 Å². The minimum atomic E-state index is -0.540. The third kappa shape index (κ3) is 3.47. The fourth-order valence-electron chi connectivity index (χ4n) is 3.31. The molecule has 29 heavy (non-hydrogen) atoms. The number of nitrogens with zero attached hydrogens (tertiary/aromatic N) is 2. The van der Waals surface area contributed by atoms with Crippen LogP contribution >= 0.6 is 0 Å². The molecule has 148 valence electrons. The summed E-state index contributed by atoms with van der Waals surface area (Å²) in [6.07, 6.45) is 1.03. The van der Waals surface area contributed by atoms with Crippen LogP contribution in [0.5, 0.6) is 5.75 Å². The molecule has 3 aromatic rings. The van der Waals surface area contributed by atoms with Crippen LogP contribution in [0.15, 0.2) is 42.6 Å². The fourth-order valence-corrected chi connectivity index (χ4v) is 3.31. The van der Waals surface area contributed by atoms with E-state index in [9.17, 15) is 9.59 Å². The largest absolute Gasteiger partial charge is 0.479 e. The SMILES string of the molecule is Cc1ccc(C)c(-n2ncc(C(=O)Nc3ccc4c(c3)NC(=O)[C@@H](C)O4)c2C)c1. The molecule has 4 rings (SSSR count). The van der Waals surface area contributed by atoms with Crippen LogP contribution in [0.1, 0.15) is 34.1 Å². The highest BCUT2D eigenvalue weighted by atomic mass is 16.5. The molecule has 1 aliphatic rings. The minimum Gasteiger partial charge on any atom is -0.479 e. The van der Waals surface area contributed by atoms with E-state index in [0.717, 1.165) is 22.5 Å². The number of benzene rings is 2. The number of amides is 2. The summed E-state index contributed by atoms with van der Waals surface area (Å²) in [5.41, 5.74) is 5.48. The first-order chi connectivity index (χ1) is 13.8. The molecule has 0 unspecified atom stereocenters. The van der Waals surface area contributed by atoms with Gasteiger partial charge in [-0.3, -0.25) is 9.59 Å². The smallest absolute Gasteiger partial charge is 0.265 e. The molecule has 0 radical (unpaired) electrons. The molecule has 2 amide bonds. The summed E-state index contributed by atoms with van der Waals surface area (Å²) in [7, 11) is 0. The molecule has 2 heterocycles. The van der Waals surface area contributed by atoms with E-state index in [0.29, 0.717) is 22.7 Å². The lowest BCUT2D eigenvalue weighted by Crippen LogP contribution is -2.34. The molecule has 0 saturated carbocycles. The standard InChI is InChI=1S/C22H22N4O3/c1-12-5-6-13(2)19(9-12)26-14(3)17(11-23-26)22(28)24-16-7-8-20-18(10-16)25-21(27)15(4)29-20/h5-11,15H,1-4H3,(H,24,28)(H,25,27)/t15-/m1/s1. The first kappa shape index (κ1) is 18.7. The van der Waals surface area contributed by atoms with Gasteiger partial charge in [0.2, 0.25) is 0 Å². The third-order valence-electron chi connectivity index (χ3n) is 5.02. The van der Waals surface area contributed by atoms with Crippen molar-refractivity contribution in [3.63, 3.8) is 0 Å². The van der Waals surface area contributed by atoms with Crippen LogP contribution in [0.25, 0.3) is 5.69 Å². The number of anilines is 2. The highest BCUT2D eigenvalue weighted by Gasteiger charge is 2.24. The Bertz CT molecular complexity index is 1130. The van der Waals surface area contributed by atoms with Crippen LogP contribution in [0, 0.1) is 20.8 Å². The second-order valence-electron chi connectivity index (χ2n) is 7.26. The van der Waals surface area contributed by atoms with Gasteiger partial charge in [0.15, 0.2) is 6.10 Å².